The zero-order valence-corrected chi connectivity index (χ0v) is 16.4. The highest BCUT2D eigenvalue weighted by Gasteiger charge is 2.18. The molecule has 0 atom stereocenters. The second-order valence-electron chi connectivity index (χ2n) is 6.52. The Bertz CT molecular complexity index is 1250. The van der Waals surface area contributed by atoms with E-state index in [0.29, 0.717) is 22.4 Å². The van der Waals surface area contributed by atoms with Gasteiger partial charge >= 0.3 is 0 Å². The molecule has 1 N–H and O–H groups in total. The van der Waals surface area contributed by atoms with E-state index in [1.54, 1.807) is 55.5 Å². The van der Waals surface area contributed by atoms with Crippen LogP contribution in [-0.4, -0.2) is 21.7 Å². The molecule has 6 heteroatoms. The molecule has 1 aromatic heterocycles. The quantitative estimate of drug-likeness (QED) is 0.388. The van der Waals surface area contributed by atoms with E-state index >= 15 is 0 Å². The van der Waals surface area contributed by atoms with E-state index in [9.17, 15) is 20.0 Å². The van der Waals surface area contributed by atoms with Gasteiger partial charge in [0.05, 0.1) is 11.3 Å². The third-order valence-electron chi connectivity index (χ3n) is 4.68. The van der Waals surface area contributed by atoms with Crippen molar-refractivity contribution in [1.82, 2.24) is 4.57 Å². The number of ketones is 1. The lowest BCUT2D eigenvalue weighted by Gasteiger charge is -2.12. The van der Waals surface area contributed by atoms with Gasteiger partial charge in [-0.2, -0.15) is 5.26 Å². The van der Waals surface area contributed by atoms with Gasteiger partial charge in [0, 0.05) is 23.9 Å². The number of carbonyl (C=O) groups is 1. The number of para-hydroxylation sites is 1. The van der Waals surface area contributed by atoms with Gasteiger partial charge in [-0.05, 0) is 24.6 Å². The number of carbonyl (C=O) groups excluding carboxylic acids is 1. The van der Waals surface area contributed by atoms with Crippen molar-refractivity contribution >= 4 is 17.7 Å². The second-order valence-corrected chi connectivity index (χ2v) is 6.52. The largest absolute Gasteiger partial charge is 0.494 e. The Labute approximate surface area is 173 Å². The first-order valence-corrected chi connectivity index (χ1v) is 9.19. The fourth-order valence-electron chi connectivity index (χ4n) is 3.08. The van der Waals surface area contributed by atoms with Crippen molar-refractivity contribution in [3.05, 3.63) is 105 Å². The Hall–Kier alpha value is -4.24. The van der Waals surface area contributed by atoms with Crippen molar-refractivity contribution in [3.8, 4) is 11.9 Å². The van der Waals surface area contributed by atoms with Gasteiger partial charge < -0.3 is 5.11 Å². The van der Waals surface area contributed by atoms with E-state index in [1.807, 2.05) is 12.1 Å². The topological polar surface area (TPSA) is 95.4 Å². The summed E-state index contributed by atoms with van der Waals surface area (Å²) in [4.78, 5) is 29.7. The Morgan fingerprint density at radius 1 is 1.20 bits per heavy atom. The summed E-state index contributed by atoms with van der Waals surface area (Å²) < 4.78 is 1.06. The van der Waals surface area contributed by atoms with Crippen molar-refractivity contribution in [1.29, 1.82) is 5.26 Å². The maximum atomic E-state index is 12.9. The molecule has 1 heterocycles. The summed E-state index contributed by atoms with van der Waals surface area (Å²) in [6.07, 6.45) is 2.81. The molecule has 0 saturated carbocycles. The van der Waals surface area contributed by atoms with Crippen LogP contribution in [-0.2, 0) is 6.54 Å². The van der Waals surface area contributed by atoms with Crippen LogP contribution >= 0.6 is 0 Å². The molecule has 0 unspecified atom stereocenters. The molecule has 0 aliphatic heterocycles. The van der Waals surface area contributed by atoms with Gasteiger partial charge in [0.1, 0.15) is 11.6 Å². The lowest BCUT2D eigenvalue weighted by molar-refractivity contribution is 0.103. The predicted octanol–water partition coefficient (Wildman–Crippen LogP) is 3.90. The summed E-state index contributed by atoms with van der Waals surface area (Å²) in [5.41, 5.74) is 1.22. The van der Waals surface area contributed by atoms with Crippen LogP contribution in [0.3, 0.4) is 0 Å². The summed E-state index contributed by atoms with van der Waals surface area (Å²) >= 11 is 0. The standard InChI is InChI=1S/C24H19N3O3/c1-3-13-27-23(29)19(14-25)16(2)20(24(27)30)15-26-21-12-8-7-11-18(21)22(28)17-9-5-4-6-10-17/h3-12,15,30H,1,13H2,2H3. The lowest BCUT2D eigenvalue weighted by Crippen LogP contribution is -2.24. The molecule has 0 radical (unpaired) electrons. The van der Waals surface area contributed by atoms with E-state index in [0.717, 1.165) is 4.57 Å². The van der Waals surface area contributed by atoms with Gasteiger partial charge in [-0.25, -0.2) is 0 Å². The minimum atomic E-state index is -0.593. The molecule has 3 aromatic rings. The van der Waals surface area contributed by atoms with Crippen molar-refractivity contribution < 1.29 is 9.90 Å². The third kappa shape index (κ3) is 3.82. The Morgan fingerprint density at radius 3 is 2.53 bits per heavy atom. The molecule has 0 spiro atoms. The van der Waals surface area contributed by atoms with Crippen LogP contribution < -0.4 is 5.56 Å². The van der Waals surface area contributed by atoms with E-state index in [2.05, 4.69) is 11.6 Å². The van der Waals surface area contributed by atoms with E-state index in [4.69, 9.17) is 0 Å². The molecule has 0 aliphatic carbocycles. The molecule has 3 rings (SSSR count). The molecule has 0 saturated heterocycles. The van der Waals surface area contributed by atoms with E-state index in [1.165, 1.54) is 12.3 Å². The SMILES string of the molecule is C=CCn1c(O)c(C=Nc2ccccc2C(=O)c2ccccc2)c(C)c(C#N)c1=O. The normalized spacial score (nSPS) is 10.7. The predicted molar refractivity (Wildman–Crippen MR) is 116 cm³/mol. The number of aliphatic imine (C=N–C) groups is 1. The van der Waals surface area contributed by atoms with Crippen LogP contribution in [0.4, 0.5) is 5.69 Å². The highest BCUT2D eigenvalue weighted by Crippen LogP contribution is 2.24. The zero-order valence-electron chi connectivity index (χ0n) is 16.4. The summed E-state index contributed by atoms with van der Waals surface area (Å²) in [5, 5.41) is 20.0. The number of nitrogens with zero attached hydrogens (tertiary/aromatic N) is 3. The van der Waals surface area contributed by atoms with Gasteiger partial charge in [0.2, 0.25) is 5.88 Å². The average molecular weight is 397 g/mol. The summed E-state index contributed by atoms with van der Waals surface area (Å²) in [7, 11) is 0. The van der Waals surface area contributed by atoms with Crippen molar-refractivity contribution in [2.45, 2.75) is 13.5 Å². The number of hydrogen-bond acceptors (Lipinski definition) is 5. The minimum absolute atomic E-state index is 0.0452. The fraction of sp³-hybridized carbons (Fsp3) is 0.0833. The van der Waals surface area contributed by atoms with Crippen LogP contribution in [0.1, 0.15) is 32.6 Å². The molecule has 148 valence electrons. The lowest BCUT2D eigenvalue weighted by atomic mass is 10.0. The number of hydrogen-bond donors (Lipinski definition) is 1. The third-order valence-corrected chi connectivity index (χ3v) is 4.68. The summed E-state index contributed by atoms with van der Waals surface area (Å²) in [6, 6.07) is 17.6. The molecule has 0 amide bonds. The van der Waals surface area contributed by atoms with E-state index < -0.39 is 5.56 Å². The maximum absolute atomic E-state index is 12.9. The van der Waals surface area contributed by atoms with Gasteiger partial charge in [-0.1, -0.05) is 48.5 Å². The fourth-order valence-corrected chi connectivity index (χ4v) is 3.08. The monoisotopic (exact) mass is 397 g/mol. The van der Waals surface area contributed by atoms with E-state index in [-0.39, 0.29) is 29.3 Å². The number of allylic oxidation sites excluding steroid dienone is 1. The Kier molecular flexibility index (Phi) is 6.04. The van der Waals surface area contributed by atoms with Gasteiger partial charge in [-0.3, -0.25) is 19.1 Å². The van der Waals surface area contributed by atoms with Crippen LogP contribution in [0.5, 0.6) is 5.88 Å². The Morgan fingerprint density at radius 2 is 1.87 bits per heavy atom. The van der Waals surface area contributed by atoms with Gasteiger partial charge in [0.15, 0.2) is 5.78 Å². The van der Waals surface area contributed by atoms with Crippen molar-refractivity contribution in [2.75, 3.05) is 0 Å². The second kappa shape index (κ2) is 8.84. The van der Waals surface area contributed by atoms with Crippen LogP contribution in [0.15, 0.2) is 77.0 Å². The van der Waals surface area contributed by atoms with Crippen LogP contribution in [0.25, 0.3) is 0 Å². The molecular weight excluding hydrogens is 378 g/mol. The summed E-state index contributed by atoms with van der Waals surface area (Å²) in [5.74, 6) is -0.495. The first-order valence-electron chi connectivity index (χ1n) is 9.19. The molecule has 0 bridgehead atoms. The summed E-state index contributed by atoms with van der Waals surface area (Å²) in [6.45, 7) is 5.19. The Balaban J connectivity index is 2.11. The number of nitriles is 1. The molecule has 0 fully saturated rings. The molecular formula is C24H19N3O3. The molecule has 0 aliphatic rings. The minimum Gasteiger partial charge on any atom is -0.494 e. The number of aromatic nitrogens is 1. The number of benzene rings is 2. The van der Waals surface area contributed by atoms with Crippen molar-refractivity contribution in [2.24, 2.45) is 4.99 Å². The highest BCUT2D eigenvalue weighted by atomic mass is 16.3. The first kappa shape index (κ1) is 20.5. The van der Waals surface area contributed by atoms with Crippen molar-refractivity contribution in [3.63, 3.8) is 0 Å². The molecule has 30 heavy (non-hydrogen) atoms. The van der Waals surface area contributed by atoms with Gasteiger partial charge in [-0.15, -0.1) is 6.58 Å². The van der Waals surface area contributed by atoms with Crippen LogP contribution in [0, 0.1) is 18.3 Å². The molecule has 6 nitrogen and oxygen atoms in total. The number of rotatable bonds is 6. The first-order chi connectivity index (χ1) is 14.5. The van der Waals surface area contributed by atoms with Gasteiger partial charge in [0.25, 0.3) is 5.56 Å². The smallest absolute Gasteiger partial charge is 0.271 e. The number of aromatic hydroxyl groups is 1. The van der Waals surface area contributed by atoms with Crippen LogP contribution in [0.2, 0.25) is 0 Å². The zero-order chi connectivity index (χ0) is 21.7. The highest BCUT2D eigenvalue weighted by molar-refractivity contribution is 6.12. The average Bonchev–Trinajstić information content (AvgIpc) is 2.77. The molecule has 2 aromatic carbocycles. The number of pyridine rings is 1. The maximum Gasteiger partial charge on any atom is 0.271 e.